The second kappa shape index (κ2) is 3.16. The van der Waals surface area contributed by atoms with Crippen molar-refractivity contribution in [3.8, 4) is 6.07 Å². The second-order valence-electron chi connectivity index (χ2n) is 2.37. The molecule has 0 heterocycles. The van der Waals surface area contributed by atoms with Gasteiger partial charge in [-0.05, 0) is 18.6 Å². The van der Waals surface area contributed by atoms with Crippen LogP contribution in [0.25, 0.3) is 0 Å². The van der Waals surface area contributed by atoms with Crippen molar-refractivity contribution in [3.05, 3.63) is 35.1 Å². The fraction of sp³-hybridized carbons (Fsp3) is 0.222. The second-order valence-corrected chi connectivity index (χ2v) is 2.37. The average Bonchev–Trinajstić information content (AvgIpc) is 1.97. The molecule has 56 valence electrons. The molecule has 0 fully saturated rings. The molecule has 11 heavy (non-hydrogen) atoms. The lowest BCUT2D eigenvalue weighted by atomic mass is 10.1. The third-order valence-corrected chi connectivity index (χ3v) is 1.61. The summed E-state index contributed by atoms with van der Waals surface area (Å²) in [5.74, 6) is -0.286. The van der Waals surface area contributed by atoms with Crippen LogP contribution in [0.2, 0.25) is 0 Å². The maximum atomic E-state index is 12.9. The van der Waals surface area contributed by atoms with Gasteiger partial charge in [0.1, 0.15) is 5.82 Å². The first kappa shape index (κ1) is 7.74. The molecule has 0 amide bonds. The Balaban J connectivity index is 3.12. The van der Waals surface area contributed by atoms with Gasteiger partial charge in [0.25, 0.3) is 0 Å². The molecule has 2 heteroatoms. The summed E-state index contributed by atoms with van der Waals surface area (Å²) >= 11 is 0. The van der Waals surface area contributed by atoms with Crippen LogP contribution in [0.1, 0.15) is 11.1 Å². The van der Waals surface area contributed by atoms with Crippen LogP contribution in [0.4, 0.5) is 4.39 Å². The number of aryl methyl sites for hydroxylation is 1. The van der Waals surface area contributed by atoms with E-state index in [1.807, 2.05) is 6.07 Å². The largest absolute Gasteiger partial charge is 0.207 e. The molecular weight excluding hydrogens is 141 g/mol. The van der Waals surface area contributed by atoms with Crippen molar-refractivity contribution in [3.63, 3.8) is 0 Å². The molecule has 1 aromatic carbocycles. The van der Waals surface area contributed by atoms with Crippen LogP contribution in [0.15, 0.2) is 18.2 Å². The third-order valence-electron chi connectivity index (χ3n) is 1.61. The van der Waals surface area contributed by atoms with Gasteiger partial charge in [-0.25, -0.2) is 4.39 Å². The molecule has 1 aromatic rings. The molecule has 0 atom stereocenters. The Kier molecular flexibility index (Phi) is 2.22. The van der Waals surface area contributed by atoms with E-state index in [1.165, 1.54) is 6.07 Å². The van der Waals surface area contributed by atoms with Gasteiger partial charge >= 0.3 is 0 Å². The van der Waals surface area contributed by atoms with Crippen molar-refractivity contribution in [2.24, 2.45) is 0 Å². The summed E-state index contributed by atoms with van der Waals surface area (Å²) in [6.07, 6.45) is 0.151. The molecule has 0 spiro atoms. The highest BCUT2D eigenvalue weighted by Gasteiger charge is 2.02. The molecule has 0 unspecified atom stereocenters. The summed E-state index contributed by atoms with van der Waals surface area (Å²) in [6, 6.07) is 6.75. The third kappa shape index (κ3) is 1.56. The van der Waals surface area contributed by atoms with E-state index < -0.39 is 0 Å². The molecule has 0 aliphatic carbocycles. The predicted octanol–water partition coefficient (Wildman–Crippen LogP) is 2.20. The van der Waals surface area contributed by atoms with Crippen LogP contribution < -0.4 is 0 Å². The highest BCUT2D eigenvalue weighted by molar-refractivity contribution is 5.29. The summed E-state index contributed by atoms with van der Waals surface area (Å²) in [7, 11) is 0. The molecule has 0 aliphatic rings. The summed E-state index contributed by atoms with van der Waals surface area (Å²) < 4.78 is 12.9. The van der Waals surface area contributed by atoms with Crippen LogP contribution in [-0.4, -0.2) is 0 Å². The van der Waals surface area contributed by atoms with Crippen LogP contribution >= 0.6 is 0 Å². The Labute approximate surface area is 65.1 Å². The fourth-order valence-corrected chi connectivity index (χ4v) is 0.969. The normalized spacial score (nSPS) is 9.18. The topological polar surface area (TPSA) is 23.8 Å². The Bertz CT molecular complexity index is 279. The van der Waals surface area contributed by atoms with Gasteiger partial charge in [-0.2, -0.15) is 5.26 Å². The van der Waals surface area contributed by atoms with Crippen LogP contribution in [-0.2, 0) is 6.42 Å². The molecule has 0 N–H and O–H groups in total. The predicted molar refractivity (Wildman–Crippen MR) is 40.5 cm³/mol. The Hall–Kier alpha value is -1.36. The number of benzene rings is 1. The van der Waals surface area contributed by atoms with Gasteiger partial charge in [-0.1, -0.05) is 12.1 Å². The Morgan fingerprint density at radius 3 is 2.82 bits per heavy atom. The van der Waals surface area contributed by atoms with E-state index in [-0.39, 0.29) is 12.2 Å². The maximum Gasteiger partial charge on any atom is 0.127 e. The minimum Gasteiger partial charge on any atom is -0.207 e. The molecular formula is C9H8FN. The maximum absolute atomic E-state index is 12.9. The minimum absolute atomic E-state index is 0.151. The molecule has 1 nitrogen and oxygen atoms in total. The molecule has 0 aliphatic heterocycles. The van der Waals surface area contributed by atoms with Gasteiger partial charge in [0.15, 0.2) is 0 Å². The van der Waals surface area contributed by atoms with E-state index >= 15 is 0 Å². The van der Waals surface area contributed by atoms with Gasteiger partial charge < -0.3 is 0 Å². The average molecular weight is 149 g/mol. The van der Waals surface area contributed by atoms with Crippen molar-refractivity contribution in [2.75, 3.05) is 0 Å². The Morgan fingerprint density at radius 1 is 1.55 bits per heavy atom. The molecule has 0 aromatic heterocycles. The quantitative estimate of drug-likeness (QED) is 0.600. The molecule has 1 rings (SSSR count). The van der Waals surface area contributed by atoms with E-state index in [0.717, 1.165) is 5.56 Å². The zero-order valence-electron chi connectivity index (χ0n) is 6.26. The van der Waals surface area contributed by atoms with E-state index in [1.54, 1.807) is 19.1 Å². The monoisotopic (exact) mass is 149 g/mol. The SMILES string of the molecule is Cc1cccc(F)c1CC#N. The highest BCUT2D eigenvalue weighted by atomic mass is 19.1. The van der Waals surface area contributed by atoms with E-state index in [9.17, 15) is 4.39 Å². The lowest BCUT2D eigenvalue weighted by molar-refractivity contribution is 0.613. The molecule has 0 saturated heterocycles. The standard InChI is InChI=1S/C9H8FN/c1-7-3-2-4-9(10)8(7)5-6-11/h2-4H,5H2,1H3. The summed E-state index contributed by atoms with van der Waals surface area (Å²) in [5.41, 5.74) is 1.35. The molecule has 0 saturated carbocycles. The van der Waals surface area contributed by atoms with Gasteiger partial charge in [-0.3, -0.25) is 0 Å². The van der Waals surface area contributed by atoms with Crippen LogP contribution in [0.3, 0.4) is 0 Å². The lowest BCUT2D eigenvalue weighted by Crippen LogP contribution is -1.91. The van der Waals surface area contributed by atoms with Crippen molar-refractivity contribution in [1.82, 2.24) is 0 Å². The van der Waals surface area contributed by atoms with Crippen molar-refractivity contribution >= 4 is 0 Å². The first-order valence-electron chi connectivity index (χ1n) is 3.36. The zero-order valence-corrected chi connectivity index (χ0v) is 6.26. The van der Waals surface area contributed by atoms with Crippen LogP contribution in [0, 0.1) is 24.1 Å². The van der Waals surface area contributed by atoms with Gasteiger partial charge in [0, 0.05) is 5.56 Å². The molecule has 0 bridgehead atoms. The first-order chi connectivity index (χ1) is 5.25. The smallest absolute Gasteiger partial charge is 0.127 e. The van der Waals surface area contributed by atoms with Crippen molar-refractivity contribution in [2.45, 2.75) is 13.3 Å². The van der Waals surface area contributed by atoms with Crippen molar-refractivity contribution < 1.29 is 4.39 Å². The first-order valence-corrected chi connectivity index (χ1v) is 3.36. The minimum atomic E-state index is -0.286. The van der Waals surface area contributed by atoms with Gasteiger partial charge in [0.2, 0.25) is 0 Å². The van der Waals surface area contributed by atoms with Gasteiger partial charge in [0.05, 0.1) is 12.5 Å². The Morgan fingerprint density at radius 2 is 2.27 bits per heavy atom. The molecule has 0 radical (unpaired) electrons. The van der Waals surface area contributed by atoms with Crippen LogP contribution in [0.5, 0.6) is 0 Å². The number of hydrogen-bond acceptors (Lipinski definition) is 1. The number of halogens is 1. The van der Waals surface area contributed by atoms with Gasteiger partial charge in [-0.15, -0.1) is 0 Å². The zero-order chi connectivity index (χ0) is 8.27. The summed E-state index contributed by atoms with van der Waals surface area (Å²) in [5, 5.41) is 8.35. The van der Waals surface area contributed by atoms with E-state index in [0.29, 0.717) is 5.56 Å². The fourth-order valence-electron chi connectivity index (χ4n) is 0.969. The highest BCUT2D eigenvalue weighted by Crippen LogP contribution is 2.12. The number of nitrogens with zero attached hydrogens (tertiary/aromatic N) is 1. The van der Waals surface area contributed by atoms with E-state index in [2.05, 4.69) is 0 Å². The van der Waals surface area contributed by atoms with Crippen molar-refractivity contribution in [1.29, 1.82) is 5.26 Å². The lowest BCUT2D eigenvalue weighted by Gasteiger charge is -2.00. The number of nitriles is 1. The summed E-state index contributed by atoms with van der Waals surface area (Å²) in [6.45, 7) is 1.80. The van der Waals surface area contributed by atoms with E-state index in [4.69, 9.17) is 5.26 Å². The number of rotatable bonds is 1. The number of hydrogen-bond donors (Lipinski definition) is 0. The summed E-state index contributed by atoms with van der Waals surface area (Å²) in [4.78, 5) is 0.